The Morgan fingerprint density at radius 1 is 1.09 bits per heavy atom. The fourth-order valence-corrected chi connectivity index (χ4v) is 2.85. The Labute approximate surface area is 132 Å². The third-order valence-corrected chi connectivity index (χ3v) is 4.09. The van der Waals surface area contributed by atoms with E-state index in [-0.39, 0.29) is 5.82 Å². The molecule has 1 aliphatic rings. The van der Waals surface area contributed by atoms with Crippen LogP contribution in [0.1, 0.15) is 5.69 Å². The van der Waals surface area contributed by atoms with Crippen molar-refractivity contribution in [3.63, 3.8) is 0 Å². The predicted octanol–water partition coefficient (Wildman–Crippen LogP) is 2.08. The molecule has 3 heterocycles. The molecule has 0 N–H and O–H groups in total. The molecular formula is C16H16FN5O. The van der Waals surface area contributed by atoms with Crippen LogP contribution in [0.15, 0.2) is 41.2 Å². The number of anilines is 1. The number of halogens is 1. The van der Waals surface area contributed by atoms with Crippen molar-refractivity contribution >= 4 is 16.9 Å². The van der Waals surface area contributed by atoms with Gasteiger partial charge in [0.15, 0.2) is 5.58 Å². The summed E-state index contributed by atoms with van der Waals surface area (Å²) in [7, 11) is 0. The van der Waals surface area contributed by atoms with Gasteiger partial charge in [-0.2, -0.15) is 0 Å². The Hall–Kier alpha value is -2.54. The zero-order valence-corrected chi connectivity index (χ0v) is 12.5. The van der Waals surface area contributed by atoms with Crippen molar-refractivity contribution in [2.24, 2.45) is 0 Å². The summed E-state index contributed by atoms with van der Waals surface area (Å²) in [5.41, 5.74) is 1.35. The molecule has 0 unspecified atom stereocenters. The summed E-state index contributed by atoms with van der Waals surface area (Å²) >= 11 is 0. The summed E-state index contributed by atoms with van der Waals surface area (Å²) in [5.74, 6) is 0.464. The molecule has 0 atom stereocenters. The maximum Gasteiger partial charge on any atom is 0.225 e. The predicted molar refractivity (Wildman–Crippen MR) is 83.5 cm³/mol. The lowest BCUT2D eigenvalue weighted by molar-refractivity contribution is 0.242. The lowest BCUT2D eigenvalue weighted by atomic mass is 10.2. The third kappa shape index (κ3) is 2.87. The minimum Gasteiger partial charge on any atom is -0.356 e. The van der Waals surface area contributed by atoms with Crippen LogP contribution < -0.4 is 4.90 Å². The Morgan fingerprint density at radius 3 is 2.65 bits per heavy atom. The standard InChI is InChI=1S/C16H16FN5O/c17-12-2-3-13-14(20-23-15(13)10-12)11-21-6-8-22(9-7-21)16-18-4-1-5-19-16/h1-5,10H,6-9,11H2. The number of hydrogen-bond acceptors (Lipinski definition) is 6. The molecular weight excluding hydrogens is 297 g/mol. The van der Waals surface area contributed by atoms with Crippen molar-refractivity contribution < 1.29 is 8.91 Å². The summed E-state index contributed by atoms with van der Waals surface area (Å²) in [5, 5.41) is 4.96. The summed E-state index contributed by atoms with van der Waals surface area (Å²) < 4.78 is 18.4. The highest BCUT2D eigenvalue weighted by molar-refractivity contribution is 5.79. The molecule has 1 saturated heterocycles. The normalized spacial score (nSPS) is 16.1. The molecule has 1 aliphatic heterocycles. The van der Waals surface area contributed by atoms with Gasteiger partial charge in [-0.3, -0.25) is 4.90 Å². The highest BCUT2D eigenvalue weighted by Gasteiger charge is 2.20. The van der Waals surface area contributed by atoms with Crippen molar-refractivity contribution in [1.82, 2.24) is 20.0 Å². The Kier molecular flexibility index (Phi) is 3.63. The van der Waals surface area contributed by atoms with Gasteiger partial charge in [0, 0.05) is 56.6 Å². The van der Waals surface area contributed by atoms with Gasteiger partial charge in [-0.05, 0) is 18.2 Å². The van der Waals surface area contributed by atoms with Crippen molar-refractivity contribution in [1.29, 1.82) is 0 Å². The minimum atomic E-state index is -0.309. The highest BCUT2D eigenvalue weighted by Crippen LogP contribution is 2.21. The van der Waals surface area contributed by atoms with Gasteiger partial charge in [0.2, 0.25) is 5.95 Å². The van der Waals surface area contributed by atoms with E-state index in [1.54, 1.807) is 18.5 Å². The van der Waals surface area contributed by atoms with Crippen LogP contribution in [0, 0.1) is 5.82 Å². The molecule has 1 fully saturated rings. The molecule has 118 valence electrons. The van der Waals surface area contributed by atoms with Crippen LogP contribution in [-0.2, 0) is 6.54 Å². The van der Waals surface area contributed by atoms with Crippen LogP contribution in [-0.4, -0.2) is 46.2 Å². The van der Waals surface area contributed by atoms with Gasteiger partial charge in [-0.25, -0.2) is 14.4 Å². The zero-order valence-electron chi connectivity index (χ0n) is 12.5. The van der Waals surface area contributed by atoms with Crippen molar-refractivity contribution in [3.8, 4) is 0 Å². The van der Waals surface area contributed by atoms with Crippen LogP contribution in [0.2, 0.25) is 0 Å². The quantitative estimate of drug-likeness (QED) is 0.738. The van der Waals surface area contributed by atoms with E-state index < -0.39 is 0 Å². The van der Waals surface area contributed by atoms with Crippen LogP contribution >= 0.6 is 0 Å². The molecule has 7 heteroatoms. The lowest BCUT2D eigenvalue weighted by Crippen LogP contribution is -2.46. The lowest BCUT2D eigenvalue weighted by Gasteiger charge is -2.34. The smallest absolute Gasteiger partial charge is 0.225 e. The Balaban J connectivity index is 1.43. The molecule has 23 heavy (non-hydrogen) atoms. The fraction of sp³-hybridized carbons (Fsp3) is 0.312. The van der Waals surface area contributed by atoms with E-state index in [4.69, 9.17) is 4.52 Å². The molecule has 0 spiro atoms. The summed E-state index contributed by atoms with van der Waals surface area (Å²) in [4.78, 5) is 13.1. The molecule has 0 amide bonds. The van der Waals surface area contributed by atoms with Crippen molar-refractivity contribution in [2.75, 3.05) is 31.1 Å². The Bertz CT molecular complexity index is 799. The van der Waals surface area contributed by atoms with E-state index in [1.165, 1.54) is 12.1 Å². The largest absolute Gasteiger partial charge is 0.356 e. The van der Waals surface area contributed by atoms with E-state index in [0.29, 0.717) is 12.1 Å². The van der Waals surface area contributed by atoms with Gasteiger partial charge in [-0.1, -0.05) is 5.16 Å². The van der Waals surface area contributed by atoms with Gasteiger partial charge in [0.05, 0.1) is 0 Å². The molecule has 0 radical (unpaired) electrons. The molecule has 2 aromatic heterocycles. The molecule has 0 bridgehead atoms. The number of hydrogen-bond donors (Lipinski definition) is 0. The first-order chi connectivity index (χ1) is 11.3. The number of aromatic nitrogens is 3. The number of piperazine rings is 1. The second-order valence-corrected chi connectivity index (χ2v) is 5.58. The molecule has 6 nitrogen and oxygen atoms in total. The second-order valence-electron chi connectivity index (χ2n) is 5.58. The topological polar surface area (TPSA) is 58.3 Å². The number of benzene rings is 1. The van der Waals surface area contributed by atoms with E-state index >= 15 is 0 Å². The van der Waals surface area contributed by atoms with Gasteiger partial charge >= 0.3 is 0 Å². The van der Waals surface area contributed by atoms with Crippen LogP contribution in [0.5, 0.6) is 0 Å². The Morgan fingerprint density at radius 2 is 1.87 bits per heavy atom. The maximum atomic E-state index is 13.2. The summed E-state index contributed by atoms with van der Waals surface area (Å²) in [6.07, 6.45) is 3.52. The van der Waals surface area contributed by atoms with Crippen LogP contribution in [0.25, 0.3) is 11.0 Å². The molecule has 3 aromatic rings. The van der Waals surface area contributed by atoms with Crippen molar-refractivity contribution in [3.05, 3.63) is 48.2 Å². The summed E-state index contributed by atoms with van der Waals surface area (Å²) in [6, 6.07) is 6.35. The zero-order chi connectivity index (χ0) is 15.6. The first-order valence-corrected chi connectivity index (χ1v) is 7.58. The SMILES string of the molecule is Fc1ccc2c(CN3CCN(c4ncccn4)CC3)noc2c1. The van der Waals surface area contributed by atoms with Gasteiger partial charge in [-0.15, -0.1) is 0 Å². The fourth-order valence-electron chi connectivity index (χ4n) is 2.85. The number of rotatable bonds is 3. The van der Waals surface area contributed by atoms with Crippen molar-refractivity contribution in [2.45, 2.75) is 6.54 Å². The first-order valence-electron chi connectivity index (χ1n) is 7.58. The first kappa shape index (κ1) is 14.1. The van der Waals surface area contributed by atoms with Crippen LogP contribution in [0.4, 0.5) is 10.3 Å². The second kappa shape index (κ2) is 5.92. The van der Waals surface area contributed by atoms with E-state index in [2.05, 4.69) is 24.9 Å². The highest BCUT2D eigenvalue weighted by atomic mass is 19.1. The summed E-state index contributed by atoms with van der Waals surface area (Å²) in [6.45, 7) is 4.23. The number of nitrogens with zero attached hydrogens (tertiary/aromatic N) is 5. The molecule has 1 aromatic carbocycles. The minimum absolute atomic E-state index is 0.309. The molecule has 0 aliphatic carbocycles. The average molecular weight is 313 g/mol. The van der Waals surface area contributed by atoms with E-state index in [0.717, 1.165) is 43.2 Å². The molecule has 0 saturated carbocycles. The van der Waals surface area contributed by atoms with E-state index in [1.807, 2.05) is 6.07 Å². The van der Waals surface area contributed by atoms with Gasteiger partial charge in [0.1, 0.15) is 11.5 Å². The maximum absolute atomic E-state index is 13.2. The van der Waals surface area contributed by atoms with Gasteiger partial charge in [0.25, 0.3) is 0 Å². The van der Waals surface area contributed by atoms with Gasteiger partial charge < -0.3 is 9.42 Å². The molecule has 4 rings (SSSR count). The average Bonchev–Trinajstić information content (AvgIpc) is 2.98. The third-order valence-electron chi connectivity index (χ3n) is 4.09. The number of fused-ring (bicyclic) bond motifs is 1. The monoisotopic (exact) mass is 313 g/mol. The van der Waals surface area contributed by atoms with E-state index in [9.17, 15) is 4.39 Å². The van der Waals surface area contributed by atoms with Crippen LogP contribution in [0.3, 0.4) is 0 Å².